The van der Waals surface area contributed by atoms with Crippen LogP contribution in [0.4, 0.5) is 5.69 Å². The summed E-state index contributed by atoms with van der Waals surface area (Å²) < 4.78 is 0. The summed E-state index contributed by atoms with van der Waals surface area (Å²) in [7, 11) is 0. The molecule has 0 aliphatic carbocycles. The molecule has 1 aromatic rings. The monoisotopic (exact) mass is 275 g/mol. The van der Waals surface area contributed by atoms with Crippen molar-refractivity contribution in [1.29, 1.82) is 0 Å². The van der Waals surface area contributed by atoms with Gasteiger partial charge in [-0.1, -0.05) is 6.07 Å². The van der Waals surface area contributed by atoms with Gasteiger partial charge in [-0.25, -0.2) is 0 Å². The molecular formula is C16H25N3O. The van der Waals surface area contributed by atoms with Crippen molar-refractivity contribution >= 4 is 11.6 Å². The van der Waals surface area contributed by atoms with Gasteiger partial charge in [0.2, 0.25) is 5.91 Å². The van der Waals surface area contributed by atoms with Crippen LogP contribution >= 0.6 is 0 Å². The quantitative estimate of drug-likeness (QED) is 0.912. The van der Waals surface area contributed by atoms with Crippen LogP contribution in [-0.4, -0.2) is 43.5 Å². The Bertz CT molecular complexity index is 491. The number of anilines is 1. The van der Waals surface area contributed by atoms with Crippen molar-refractivity contribution in [3.63, 3.8) is 0 Å². The zero-order valence-corrected chi connectivity index (χ0v) is 12.8. The van der Waals surface area contributed by atoms with Crippen molar-refractivity contribution in [2.45, 2.75) is 27.2 Å². The largest absolute Gasteiger partial charge is 0.368 e. The van der Waals surface area contributed by atoms with Gasteiger partial charge in [-0.3, -0.25) is 4.79 Å². The lowest BCUT2D eigenvalue weighted by atomic mass is 10.0. The molecule has 1 heterocycles. The molecule has 0 radical (unpaired) electrons. The highest BCUT2D eigenvalue weighted by Crippen LogP contribution is 2.25. The van der Waals surface area contributed by atoms with E-state index in [1.165, 1.54) is 22.4 Å². The molecule has 0 aromatic heterocycles. The summed E-state index contributed by atoms with van der Waals surface area (Å²) in [5.74, 6) is 0.184. The Morgan fingerprint density at radius 2 is 1.65 bits per heavy atom. The normalized spacial score (nSPS) is 15.6. The number of rotatable bonds is 3. The van der Waals surface area contributed by atoms with Gasteiger partial charge >= 0.3 is 0 Å². The van der Waals surface area contributed by atoms with Gasteiger partial charge in [-0.15, -0.1) is 0 Å². The summed E-state index contributed by atoms with van der Waals surface area (Å²) in [5, 5.41) is 0. The minimum absolute atomic E-state index is 0.184. The average molecular weight is 275 g/mol. The lowest BCUT2D eigenvalue weighted by Gasteiger charge is -2.37. The maximum Gasteiger partial charge on any atom is 0.223 e. The van der Waals surface area contributed by atoms with Crippen molar-refractivity contribution in [2.24, 2.45) is 5.73 Å². The molecule has 1 aliphatic heterocycles. The molecule has 20 heavy (non-hydrogen) atoms. The molecule has 1 fully saturated rings. The summed E-state index contributed by atoms with van der Waals surface area (Å²) >= 11 is 0. The zero-order valence-electron chi connectivity index (χ0n) is 12.8. The standard InChI is InChI=1S/C16H25N3O/c1-12-10-14(3)15(11-13(12)2)18-6-8-19(9-7-18)16(20)4-5-17/h10-11H,4-9,17H2,1-3H3. The van der Waals surface area contributed by atoms with Crippen LogP contribution in [0.15, 0.2) is 12.1 Å². The number of nitrogens with zero attached hydrogens (tertiary/aromatic N) is 2. The first kappa shape index (κ1) is 14.9. The Kier molecular flexibility index (Phi) is 4.65. The topological polar surface area (TPSA) is 49.6 Å². The fraction of sp³-hybridized carbons (Fsp3) is 0.562. The molecular weight excluding hydrogens is 250 g/mol. The molecule has 2 rings (SSSR count). The summed E-state index contributed by atoms with van der Waals surface area (Å²) in [6.07, 6.45) is 0.461. The number of piperazine rings is 1. The smallest absolute Gasteiger partial charge is 0.223 e. The van der Waals surface area contributed by atoms with E-state index < -0.39 is 0 Å². The number of carbonyl (C=O) groups excluding carboxylic acids is 1. The molecule has 4 heteroatoms. The van der Waals surface area contributed by atoms with Gasteiger partial charge in [0, 0.05) is 44.8 Å². The van der Waals surface area contributed by atoms with E-state index in [0.29, 0.717) is 13.0 Å². The van der Waals surface area contributed by atoms with Crippen molar-refractivity contribution in [3.05, 3.63) is 28.8 Å². The van der Waals surface area contributed by atoms with E-state index in [1.807, 2.05) is 4.90 Å². The van der Waals surface area contributed by atoms with E-state index in [9.17, 15) is 4.79 Å². The Hall–Kier alpha value is -1.55. The lowest BCUT2D eigenvalue weighted by molar-refractivity contribution is -0.131. The van der Waals surface area contributed by atoms with Crippen molar-refractivity contribution in [2.75, 3.05) is 37.6 Å². The number of hydrogen-bond acceptors (Lipinski definition) is 3. The number of hydrogen-bond donors (Lipinski definition) is 1. The number of aryl methyl sites for hydroxylation is 3. The highest BCUT2D eigenvalue weighted by molar-refractivity contribution is 5.76. The molecule has 4 nitrogen and oxygen atoms in total. The Morgan fingerprint density at radius 1 is 1.05 bits per heavy atom. The minimum Gasteiger partial charge on any atom is -0.368 e. The highest BCUT2D eigenvalue weighted by Gasteiger charge is 2.21. The summed E-state index contributed by atoms with van der Waals surface area (Å²) in [5.41, 5.74) is 10.7. The van der Waals surface area contributed by atoms with Crippen LogP contribution in [0.5, 0.6) is 0 Å². The van der Waals surface area contributed by atoms with Crippen LogP contribution in [0, 0.1) is 20.8 Å². The first-order chi connectivity index (χ1) is 9.52. The van der Waals surface area contributed by atoms with Crippen LogP contribution in [-0.2, 0) is 4.79 Å². The number of amides is 1. The van der Waals surface area contributed by atoms with Gasteiger partial charge in [0.05, 0.1) is 0 Å². The Morgan fingerprint density at radius 3 is 2.25 bits per heavy atom. The van der Waals surface area contributed by atoms with Gasteiger partial charge in [0.1, 0.15) is 0 Å². The Balaban J connectivity index is 2.04. The predicted molar refractivity (Wildman–Crippen MR) is 83.1 cm³/mol. The fourth-order valence-corrected chi connectivity index (χ4v) is 2.76. The van der Waals surface area contributed by atoms with Crippen LogP contribution in [0.25, 0.3) is 0 Å². The third-order valence-electron chi connectivity index (χ3n) is 4.14. The molecule has 2 N–H and O–H groups in total. The van der Waals surface area contributed by atoms with Crippen molar-refractivity contribution in [1.82, 2.24) is 4.90 Å². The van der Waals surface area contributed by atoms with Gasteiger partial charge in [0.25, 0.3) is 0 Å². The van der Waals surface area contributed by atoms with Gasteiger partial charge < -0.3 is 15.5 Å². The van der Waals surface area contributed by atoms with E-state index in [-0.39, 0.29) is 5.91 Å². The average Bonchev–Trinajstić information content (AvgIpc) is 2.43. The molecule has 1 amide bonds. The summed E-state index contributed by atoms with van der Waals surface area (Å²) in [6, 6.07) is 4.51. The van der Waals surface area contributed by atoms with E-state index in [2.05, 4.69) is 37.8 Å². The second-order valence-corrected chi connectivity index (χ2v) is 5.63. The van der Waals surface area contributed by atoms with E-state index in [0.717, 1.165) is 26.2 Å². The lowest BCUT2D eigenvalue weighted by Crippen LogP contribution is -2.49. The molecule has 1 saturated heterocycles. The molecule has 110 valence electrons. The molecule has 0 spiro atoms. The number of nitrogens with two attached hydrogens (primary N) is 1. The predicted octanol–water partition coefficient (Wildman–Crippen LogP) is 1.61. The number of carbonyl (C=O) groups is 1. The summed E-state index contributed by atoms with van der Waals surface area (Å²) in [4.78, 5) is 16.1. The maximum absolute atomic E-state index is 11.8. The van der Waals surface area contributed by atoms with Crippen LogP contribution in [0.1, 0.15) is 23.1 Å². The SMILES string of the molecule is Cc1cc(C)c(N2CCN(C(=O)CCN)CC2)cc1C. The second kappa shape index (κ2) is 6.27. The summed E-state index contributed by atoms with van der Waals surface area (Å²) in [6.45, 7) is 10.3. The highest BCUT2D eigenvalue weighted by atomic mass is 16.2. The van der Waals surface area contributed by atoms with Crippen LogP contribution in [0.2, 0.25) is 0 Å². The maximum atomic E-state index is 11.8. The third kappa shape index (κ3) is 3.12. The fourth-order valence-electron chi connectivity index (χ4n) is 2.76. The molecule has 1 aliphatic rings. The molecule has 1 aromatic carbocycles. The van der Waals surface area contributed by atoms with E-state index in [1.54, 1.807) is 0 Å². The van der Waals surface area contributed by atoms with Crippen molar-refractivity contribution < 1.29 is 4.79 Å². The molecule has 0 atom stereocenters. The van der Waals surface area contributed by atoms with E-state index in [4.69, 9.17) is 5.73 Å². The first-order valence-corrected chi connectivity index (χ1v) is 7.33. The number of benzene rings is 1. The molecule has 0 unspecified atom stereocenters. The van der Waals surface area contributed by atoms with Crippen LogP contribution in [0.3, 0.4) is 0 Å². The molecule has 0 saturated carbocycles. The first-order valence-electron chi connectivity index (χ1n) is 7.33. The zero-order chi connectivity index (χ0) is 14.7. The van der Waals surface area contributed by atoms with Crippen LogP contribution < -0.4 is 10.6 Å². The van der Waals surface area contributed by atoms with Crippen molar-refractivity contribution in [3.8, 4) is 0 Å². The van der Waals surface area contributed by atoms with Gasteiger partial charge in [-0.2, -0.15) is 0 Å². The minimum atomic E-state index is 0.184. The molecule has 0 bridgehead atoms. The van der Waals surface area contributed by atoms with E-state index >= 15 is 0 Å². The van der Waals surface area contributed by atoms with Gasteiger partial charge in [-0.05, 0) is 43.5 Å². The second-order valence-electron chi connectivity index (χ2n) is 5.63. The van der Waals surface area contributed by atoms with Gasteiger partial charge in [0.15, 0.2) is 0 Å². The third-order valence-corrected chi connectivity index (χ3v) is 4.14. The Labute approximate surface area is 121 Å².